The van der Waals surface area contributed by atoms with Gasteiger partial charge in [0, 0.05) is 17.3 Å². The van der Waals surface area contributed by atoms with Gasteiger partial charge in [-0.1, -0.05) is 29.8 Å². The minimum Gasteiger partial charge on any atom is -0.507 e. The van der Waals surface area contributed by atoms with Crippen LogP contribution in [0.25, 0.3) is 22.6 Å². The van der Waals surface area contributed by atoms with Crippen molar-refractivity contribution in [1.29, 1.82) is 0 Å². The molecule has 1 aromatic heterocycles. The number of benzene rings is 3. The summed E-state index contributed by atoms with van der Waals surface area (Å²) in [7, 11) is 0. The van der Waals surface area contributed by atoms with Gasteiger partial charge in [0.1, 0.15) is 11.3 Å². The van der Waals surface area contributed by atoms with E-state index in [0.717, 1.165) is 16.6 Å². The van der Waals surface area contributed by atoms with E-state index < -0.39 is 0 Å². The van der Waals surface area contributed by atoms with Gasteiger partial charge in [0.15, 0.2) is 5.58 Å². The van der Waals surface area contributed by atoms with Gasteiger partial charge in [-0.15, -0.1) is 0 Å². The highest BCUT2D eigenvalue weighted by Crippen LogP contribution is 2.34. The number of aryl methyl sites for hydroxylation is 1. The smallest absolute Gasteiger partial charge is 0.231 e. The van der Waals surface area contributed by atoms with Gasteiger partial charge in [-0.25, -0.2) is 4.98 Å². The Morgan fingerprint density at radius 3 is 2.62 bits per heavy atom. The largest absolute Gasteiger partial charge is 0.507 e. The summed E-state index contributed by atoms with van der Waals surface area (Å²) >= 11 is 5.87. The summed E-state index contributed by atoms with van der Waals surface area (Å²) in [6.07, 6.45) is 1.72. The maximum absolute atomic E-state index is 10.4. The van der Waals surface area contributed by atoms with Gasteiger partial charge in [0.2, 0.25) is 5.89 Å². The highest BCUT2D eigenvalue weighted by molar-refractivity contribution is 6.30. The van der Waals surface area contributed by atoms with Gasteiger partial charge in [-0.3, -0.25) is 4.99 Å². The predicted molar refractivity (Wildman–Crippen MR) is 105 cm³/mol. The molecule has 0 spiro atoms. The van der Waals surface area contributed by atoms with Gasteiger partial charge < -0.3 is 9.52 Å². The van der Waals surface area contributed by atoms with E-state index >= 15 is 0 Å². The zero-order chi connectivity index (χ0) is 18.1. The number of aromatic hydroxyl groups is 1. The normalized spacial score (nSPS) is 11.5. The third-order valence-corrected chi connectivity index (χ3v) is 4.24. The minimum atomic E-state index is 0.0686. The first-order chi connectivity index (χ1) is 12.6. The van der Waals surface area contributed by atoms with Gasteiger partial charge in [-0.2, -0.15) is 0 Å². The number of phenolic OH excluding ortho intramolecular Hbond substituents is 1. The van der Waals surface area contributed by atoms with Crippen LogP contribution < -0.4 is 0 Å². The molecule has 26 heavy (non-hydrogen) atoms. The number of halogens is 1. The fraction of sp³-hybridized carbons (Fsp3) is 0.0476. The Hall–Kier alpha value is -3.11. The first kappa shape index (κ1) is 16.4. The van der Waals surface area contributed by atoms with Crippen LogP contribution in [0.2, 0.25) is 5.02 Å². The molecule has 1 N–H and O–H groups in total. The molecule has 0 aliphatic heterocycles. The van der Waals surface area contributed by atoms with Crippen molar-refractivity contribution in [2.45, 2.75) is 6.92 Å². The second kappa shape index (κ2) is 6.65. The van der Waals surface area contributed by atoms with Gasteiger partial charge in [0.25, 0.3) is 0 Å². The second-order valence-electron chi connectivity index (χ2n) is 6.00. The third kappa shape index (κ3) is 3.32. The highest BCUT2D eigenvalue weighted by Gasteiger charge is 2.12. The number of oxazole rings is 1. The highest BCUT2D eigenvalue weighted by atomic mass is 35.5. The Morgan fingerprint density at radius 2 is 1.85 bits per heavy atom. The number of hydrogen-bond acceptors (Lipinski definition) is 4. The summed E-state index contributed by atoms with van der Waals surface area (Å²) < 4.78 is 5.75. The second-order valence-corrected chi connectivity index (χ2v) is 6.44. The zero-order valence-electron chi connectivity index (χ0n) is 14.0. The fourth-order valence-corrected chi connectivity index (χ4v) is 2.76. The molecule has 4 nitrogen and oxygen atoms in total. The Morgan fingerprint density at radius 1 is 1.04 bits per heavy atom. The summed E-state index contributed by atoms with van der Waals surface area (Å²) in [6.45, 7) is 2.00. The van der Waals surface area contributed by atoms with Crippen molar-refractivity contribution in [1.82, 2.24) is 4.98 Å². The van der Waals surface area contributed by atoms with Crippen LogP contribution in [0.3, 0.4) is 0 Å². The summed E-state index contributed by atoms with van der Waals surface area (Å²) in [5.41, 5.74) is 4.65. The van der Waals surface area contributed by atoms with E-state index in [1.165, 1.54) is 0 Å². The molecule has 0 aliphatic rings. The molecule has 4 aromatic rings. The van der Waals surface area contributed by atoms with Crippen molar-refractivity contribution in [2.24, 2.45) is 4.99 Å². The van der Waals surface area contributed by atoms with Gasteiger partial charge in [-0.05, 0) is 54.4 Å². The lowest BCUT2D eigenvalue weighted by Gasteiger charge is -2.01. The molecule has 1 heterocycles. The van der Waals surface area contributed by atoms with Crippen LogP contribution in [0.5, 0.6) is 5.75 Å². The lowest BCUT2D eigenvalue weighted by molar-refractivity contribution is 0.474. The maximum atomic E-state index is 10.4. The molecule has 3 aromatic carbocycles. The maximum Gasteiger partial charge on any atom is 0.231 e. The summed E-state index contributed by atoms with van der Waals surface area (Å²) in [4.78, 5) is 8.84. The topological polar surface area (TPSA) is 58.6 Å². The summed E-state index contributed by atoms with van der Waals surface area (Å²) in [6, 6.07) is 18.3. The first-order valence-electron chi connectivity index (χ1n) is 8.09. The standard InChI is InChI=1S/C21H15ClN2O2/c1-13-2-9-20-18(10-13)24-21(26-20)17-8-7-16(11-19(17)25)23-12-14-3-5-15(22)6-4-14/h2-12,25H,1H3. The van der Waals surface area contributed by atoms with Gasteiger partial charge >= 0.3 is 0 Å². The lowest BCUT2D eigenvalue weighted by atomic mass is 10.2. The Bertz CT molecular complexity index is 1110. The van der Waals surface area contributed by atoms with E-state index in [-0.39, 0.29) is 5.75 Å². The molecule has 0 atom stereocenters. The van der Waals surface area contributed by atoms with Crippen LogP contribution in [0.1, 0.15) is 11.1 Å². The van der Waals surface area contributed by atoms with E-state index in [1.54, 1.807) is 30.5 Å². The molecular weight excluding hydrogens is 348 g/mol. The first-order valence-corrected chi connectivity index (χ1v) is 8.46. The van der Waals surface area contributed by atoms with Crippen molar-refractivity contribution in [3.8, 4) is 17.2 Å². The van der Waals surface area contributed by atoms with Crippen molar-refractivity contribution in [3.05, 3.63) is 76.8 Å². The van der Waals surface area contributed by atoms with E-state index in [4.69, 9.17) is 16.0 Å². The molecule has 0 saturated carbocycles. The van der Waals surface area contributed by atoms with Gasteiger partial charge in [0.05, 0.1) is 11.3 Å². The molecule has 0 amide bonds. The van der Waals surface area contributed by atoms with Crippen molar-refractivity contribution in [2.75, 3.05) is 0 Å². The SMILES string of the molecule is Cc1ccc2oc(-c3ccc(N=Cc4ccc(Cl)cc4)cc3O)nc2c1. The number of nitrogens with zero attached hydrogens (tertiary/aromatic N) is 2. The van der Waals surface area contributed by atoms with E-state index in [1.807, 2.05) is 43.3 Å². The van der Waals surface area contributed by atoms with E-state index in [9.17, 15) is 5.11 Å². The molecule has 0 saturated heterocycles. The van der Waals surface area contributed by atoms with Crippen molar-refractivity contribution in [3.63, 3.8) is 0 Å². The predicted octanol–water partition coefficient (Wildman–Crippen LogP) is 5.91. The van der Waals surface area contributed by atoms with Crippen LogP contribution >= 0.6 is 11.6 Å². The average molecular weight is 363 g/mol. The number of rotatable bonds is 3. The van der Waals surface area contributed by atoms with Crippen molar-refractivity contribution >= 4 is 34.6 Å². The molecule has 0 aliphatic carbocycles. The van der Waals surface area contributed by atoms with Crippen LogP contribution in [0.15, 0.2) is 70.1 Å². The van der Waals surface area contributed by atoms with Crippen LogP contribution in [0.4, 0.5) is 5.69 Å². The van der Waals surface area contributed by atoms with E-state index in [0.29, 0.717) is 27.7 Å². The Balaban J connectivity index is 1.63. The van der Waals surface area contributed by atoms with Crippen LogP contribution in [-0.4, -0.2) is 16.3 Å². The molecule has 4 rings (SSSR count). The number of fused-ring (bicyclic) bond motifs is 1. The fourth-order valence-electron chi connectivity index (χ4n) is 2.63. The molecule has 5 heteroatoms. The molecular formula is C21H15ClN2O2. The quantitative estimate of drug-likeness (QED) is 0.460. The number of aliphatic imine (C=N–C) groups is 1. The Labute approximate surface area is 155 Å². The van der Waals surface area contributed by atoms with Crippen LogP contribution in [-0.2, 0) is 0 Å². The third-order valence-electron chi connectivity index (χ3n) is 3.99. The number of aromatic nitrogens is 1. The molecule has 0 radical (unpaired) electrons. The number of hydrogen-bond donors (Lipinski definition) is 1. The van der Waals surface area contributed by atoms with E-state index in [2.05, 4.69) is 9.98 Å². The molecule has 0 unspecified atom stereocenters. The molecule has 128 valence electrons. The Kier molecular flexibility index (Phi) is 4.19. The minimum absolute atomic E-state index is 0.0686. The summed E-state index contributed by atoms with van der Waals surface area (Å²) in [5.74, 6) is 0.454. The summed E-state index contributed by atoms with van der Waals surface area (Å²) in [5, 5.41) is 11.0. The molecule has 0 fully saturated rings. The lowest BCUT2D eigenvalue weighted by Crippen LogP contribution is -1.81. The molecule has 0 bridgehead atoms. The van der Waals surface area contributed by atoms with Crippen molar-refractivity contribution < 1.29 is 9.52 Å². The van der Waals surface area contributed by atoms with Crippen LogP contribution in [0, 0.1) is 6.92 Å². The average Bonchev–Trinajstić information content (AvgIpc) is 3.04. The zero-order valence-corrected chi connectivity index (χ0v) is 14.7. The number of phenols is 1. The monoisotopic (exact) mass is 362 g/mol.